The molecule has 11 heteroatoms. The smallest absolute Gasteiger partial charge is 0.404 e. The molecule has 0 saturated carbocycles. The van der Waals surface area contributed by atoms with Gasteiger partial charge in [0.25, 0.3) is 10.0 Å². The Hall–Kier alpha value is -3.80. The zero-order valence-electron chi connectivity index (χ0n) is 20.0. The van der Waals surface area contributed by atoms with Crippen molar-refractivity contribution < 1.29 is 27.4 Å². The van der Waals surface area contributed by atoms with Gasteiger partial charge in [0.1, 0.15) is 0 Å². The number of para-hydroxylation sites is 1. The molecule has 0 aliphatic rings. The third-order valence-electron chi connectivity index (χ3n) is 5.76. The van der Waals surface area contributed by atoms with Gasteiger partial charge in [0.05, 0.1) is 23.6 Å². The SMILES string of the molecule is O=C(O)NCCOCCN(Cc1cccnc1F)Cc1cn(S(=O)(=O)c2ccccc2)c2ccccc12. The van der Waals surface area contributed by atoms with Gasteiger partial charge < -0.3 is 15.2 Å². The van der Waals surface area contributed by atoms with E-state index in [-0.39, 0.29) is 31.2 Å². The Balaban J connectivity index is 1.60. The molecule has 9 nitrogen and oxygen atoms in total. The van der Waals surface area contributed by atoms with Crippen LogP contribution in [0.25, 0.3) is 10.9 Å². The first kappa shape index (κ1) is 26.3. The largest absolute Gasteiger partial charge is 0.465 e. The normalized spacial score (nSPS) is 11.7. The van der Waals surface area contributed by atoms with Gasteiger partial charge in [-0.15, -0.1) is 0 Å². The molecule has 2 aromatic heterocycles. The van der Waals surface area contributed by atoms with E-state index in [9.17, 15) is 17.6 Å². The summed E-state index contributed by atoms with van der Waals surface area (Å²) in [7, 11) is -3.83. The molecule has 0 atom stereocenters. The van der Waals surface area contributed by atoms with Gasteiger partial charge in [-0.2, -0.15) is 4.39 Å². The molecule has 194 valence electrons. The van der Waals surface area contributed by atoms with Gasteiger partial charge in [0.2, 0.25) is 5.95 Å². The van der Waals surface area contributed by atoms with E-state index >= 15 is 0 Å². The molecule has 0 unspecified atom stereocenters. The lowest BCUT2D eigenvalue weighted by Gasteiger charge is -2.22. The van der Waals surface area contributed by atoms with E-state index in [0.717, 1.165) is 10.9 Å². The highest BCUT2D eigenvalue weighted by molar-refractivity contribution is 7.90. The number of hydrogen-bond acceptors (Lipinski definition) is 6. The number of rotatable bonds is 12. The molecule has 4 aromatic rings. The van der Waals surface area contributed by atoms with Crippen LogP contribution in [0.3, 0.4) is 0 Å². The Morgan fingerprint density at radius 3 is 2.49 bits per heavy atom. The molecular formula is C26H27FN4O5S. The molecule has 0 radical (unpaired) electrons. The minimum absolute atomic E-state index is 0.150. The minimum Gasteiger partial charge on any atom is -0.465 e. The van der Waals surface area contributed by atoms with E-state index in [0.29, 0.717) is 24.2 Å². The summed E-state index contributed by atoms with van der Waals surface area (Å²) in [6, 6.07) is 18.8. The van der Waals surface area contributed by atoms with Crippen molar-refractivity contribution in [1.82, 2.24) is 19.2 Å². The fourth-order valence-corrected chi connectivity index (χ4v) is 5.42. The van der Waals surface area contributed by atoms with Crippen molar-refractivity contribution in [3.8, 4) is 0 Å². The highest BCUT2D eigenvalue weighted by atomic mass is 32.2. The van der Waals surface area contributed by atoms with E-state index in [4.69, 9.17) is 9.84 Å². The van der Waals surface area contributed by atoms with Crippen molar-refractivity contribution in [2.24, 2.45) is 0 Å². The second kappa shape index (κ2) is 12.0. The number of nitrogens with zero attached hydrogens (tertiary/aromatic N) is 3. The highest BCUT2D eigenvalue weighted by Crippen LogP contribution is 2.27. The summed E-state index contributed by atoms with van der Waals surface area (Å²) in [4.78, 5) is 16.4. The van der Waals surface area contributed by atoms with Crippen LogP contribution in [-0.4, -0.2) is 59.8 Å². The van der Waals surface area contributed by atoms with Crippen molar-refractivity contribution >= 4 is 27.0 Å². The summed E-state index contributed by atoms with van der Waals surface area (Å²) in [5.74, 6) is -0.576. The number of pyridine rings is 1. The third-order valence-corrected chi connectivity index (χ3v) is 7.45. The Bertz CT molecular complexity index is 1460. The van der Waals surface area contributed by atoms with Gasteiger partial charge in [-0.3, -0.25) is 4.90 Å². The van der Waals surface area contributed by atoms with Gasteiger partial charge in [-0.25, -0.2) is 22.2 Å². The number of carboxylic acid groups (broad SMARTS) is 1. The maximum atomic E-state index is 14.3. The topological polar surface area (TPSA) is 114 Å². The molecule has 2 heterocycles. The van der Waals surface area contributed by atoms with Crippen LogP contribution in [0.1, 0.15) is 11.1 Å². The van der Waals surface area contributed by atoms with Gasteiger partial charge in [0, 0.05) is 49.5 Å². The summed E-state index contributed by atoms with van der Waals surface area (Å²) < 4.78 is 48.0. The van der Waals surface area contributed by atoms with Crippen LogP contribution in [0.15, 0.2) is 84.0 Å². The Morgan fingerprint density at radius 1 is 1.00 bits per heavy atom. The summed E-state index contributed by atoms with van der Waals surface area (Å²) in [6.07, 6.45) is 1.86. The maximum Gasteiger partial charge on any atom is 0.404 e. The number of benzene rings is 2. The summed E-state index contributed by atoms with van der Waals surface area (Å²) in [5.41, 5.74) is 1.70. The zero-order chi connectivity index (χ0) is 26.3. The van der Waals surface area contributed by atoms with Crippen molar-refractivity contribution in [3.63, 3.8) is 0 Å². The van der Waals surface area contributed by atoms with Crippen LogP contribution < -0.4 is 5.32 Å². The average molecular weight is 527 g/mol. The van der Waals surface area contributed by atoms with Crippen molar-refractivity contribution in [2.75, 3.05) is 26.3 Å². The second-order valence-electron chi connectivity index (χ2n) is 8.29. The predicted molar refractivity (Wildman–Crippen MR) is 136 cm³/mol. The summed E-state index contributed by atoms with van der Waals surface area (Å²) >= 11 is 0. The highest BCUT2D eigenvalue weighted by Gasteiger charge is 2.22. The molecule has 2 aromatic carbocycles. The number of nitrogens with one attached hydrogen (secondary N) is 1. The molecular weight excluding hydrogens is 499 g/mol. The van der Waals surface area contributed by atoms with Crippen LogP contribution in [0.2, 0.25) is 0 Å². The fraction of sp³-hybridized carbons (Fsp3) is 0.231. The standard InChI is InChI=1S/C26H27FN4O5S/c27-25-20(7-6-12-28-25)17-30(14-16-36-15-13-29-26(32)33)18-21-19-31(24-11-5-4-10-23(21)24)37(34,35)22-8-2-1-3-9-22/h1-12,19,29H,13-18H2,(H,32,33). The summed E-state index contributed by atoms with van der Waals surface area (Å²) in [5, 5.41) is 11.7. The van der Waals surface area contributed by atoms with E-state index in [1.54, 1.807) is 60.8 Å². The predicted octanol–water partition coefficient (Wildman–Crippen LogP) is 3.70. The molecule has 37 heavy (non-hydrogen) atoms. The lowest BCUT2D eigenvalue weighted by molar-refractivity contribution is 0.0987. The van der Waals surface area contributed by atoms with E-state index < -0.39 is 22.1 Å². The first-order valence-corrected chi connectivity index (χ1v) is 13.1. The summed E-state index contributed by atoms with van der Waals surface area (Å²) in [6.45, 7) is 1.55. The molecule has 0 aliphatic carbocycles. The molecule has 0 spiro atoms. The van der Waals surface area contributed by atoms with Crippen LogP contribution in [0, 0.1) is 5.95 Å². The van der Waals surface area contributed by atoms with Gasteiger partial charge in [-0.05, 0) is 29.8 Å². The molecule has 2 N–H and O–H groups in total. The Labute approximate surface area is 214 Å². The van der Waals surface area contributed by atoms with Gasteiger partial charge in [0.15, 0.2) is 0 Å². The number of hydrogen-bond donors (Lipinski definition) is 2. The molecule has 0 bridgehead atoms. The van der Waals surface area contributed by atoms with Crippen LogP contribution in [0.4, 0.5) is 9.18 Å². The molecule has 0 fully saturated rings. The van der Waals surface area contributed by atoms with Crippen molar-refractivity contribution in [2.45, 2.75) is 18.0 Å². The minimum atomic E-state index is -3.83. The monoisotopic (exact) mass is 526 g/mol. The lowest BCUT2D eigenvalue weighted by atomic mass is 10.1. The van der Waals surface area contributed by atoms with E-state index in [1.165, 1.54) is 10.2 Å². The molecule has 1 amide bonds. The lowest BCUT2D eigenvalue weighted by Crippen LogP contribution is -2.29. The van der Waals surface area contributed by atoms with Crippen LogP contribution in [-0.2, 0) is 27.8 Å². The number of carbonyl (C=O) groups is 1. The van der Waals surface area contributed by atoms with Crippen LogP contribution >= 0.6 is 0 Å². The van der Waals surface area contributed by atoms with E-state index in [2.05, 4.69) is 10.3 Å². The number of aromatic nitrogens is 2. The van der Waals surface area contributed by atoms with E-state index in [1.807, 2.05) is 17.0 Å². The third kappa shape index (κ3) is 6.50. The van der Waals surface area contributed by atoms with Crippen LogP contribution in [0.5, 0.6) is 0 Å². The molecule has 0 saturated heterocycles. The Kier molecular flexibility index (Phi) is 8.49. The van der Waals surface area contributed by atoms with Crippen molar-refractivity contribution in [1.29, 1.82) is 0 Å². The Morgan fingerprint density at radius 2 is 1.73 bits per heavy atom. The average Bonchev–Trinajstić information content (AvgIpc) is 3.27. The quantitative estimate of drug-likeness (QED) is 0.214. The molecule has 4 rings (SSSR count). The number of amides is 1. The number of ether oxygens (including phenoxy) is 1. The van der Waals surface area contributed by atoms with Crippen molar-refractivity contribution in [3.05, 3.63) is 96.2 Å². The zero-order valence-corrected chi connectivity index (χ0v) is 20.8. The fourth-order valence-electron chi connectivity index (χ4n) is 4.01. The van der Waals surface area contributed by atoms with Gasteiger partial charge in [-0.1, -0.05) is 42.5 Å². The first-order valence-electron chi connectivity index (χ1n) is 11.6. The molecule has 0 aliphatic heterocycles. The van der Waals surface area contributed by atoms with Gasteiger partial charge >= 0.3 is 6.09 Å². The first-order chi connectivity index (χ1) is 17.9. The number of halogens is 1. The number of fused-ring (bicyclic) bond motifs is 1. The maximum absolute atomic E-state index is 14.3. The second-order valence-corrected chi connectivity index (χ2v) is 10.1.